The molecular weight excluding hydrogens is 478 g/mol. The zero-order valence-electron chi connectivity index (χ0n) is 20.3. The van der Waals surface area contributed by atoms with Crippen LogP contribution in [0.1, 0.15) is 49.9 Å². The maximum absolute atomic E-state index is 14.5. The molecule has 4 atom stereocenters. The highest BCUT2D eigenvalue weighted by Crippen LogP contribution is 2.47. The molecule has 3 N–H and O–H groups in total. The Bertz CT molecular complexity index is 1330. The number of para-hydroxylation sites is 1. The van der Waals surface area contributed by atoms with E-state index >= 15 is 0 Å². The van der Waals surface area contributed by atoms with E-state index in [4.69, 9.17) is 9.72 Å². The Morgan fingerprint density at radius 2 is 1.78 bits per heavy atom. The molecule has 9 heteroatoms. The molecule has 3 saturated carbocycles. The van der Waals surface area contributed by atoms with Gasteiger partial charge in [0.2, 0.25) is 5.88 Å². The second-order valence-corrected chi connectivity index (χ2v) is 10.3. The minimum atomic E-state index is -0.796. The molecule has 3 aliphatic carbocycles. The third kappa shape index (κ3) is 4.36. The number of hydrogen-bond acceptors (Lipinski definition) is 6. The van der Waals surface area contributed by atoms with Crippen molar-refractivity contribution in [2.75, 3.05) is 10.6 Å². The number of carboxylic acid groups (broad SMARTS) is 1. The van der Waals surface area contributed by atoms with Crippen LogP contribution in [0.5, 0.6) is 11.6 Å². The average Bonchev–Trinajstić information content (AvgIpc) is 3.21. The molecule has 0 spiro atoms. The second-order valence-electron chi connectivity index (χ2n) is 10.3. The molecule has 7 nitrogen and oxygen atoms in total. The summed E-state index contributed by atoms with van der Waals surface area (Å²) in [5.74, 6) is -1.16. The topological polar surface area (TPSA) is 96.4 Å². The normalized spacial score (nSPS) is 27.9. The molecule has 2 unspecified atom stereocenters. The standard InChI is InChI=1S/C28H28F2N4O3/c1-14-23(19-11-17(29)12-20(30)26(19)31-14)27-33-21(13-22(34-27)37-18-5-3-2-4-6-18)32-25-16-9-7-15(8-10-16)24(25)28(35)36/h2-6,11-16,23-25,31H,7-10H2,1H3,(H,35,36)(H,32,33,34)/t14?,15?,16?,23?,24-,25-/m0/s1. The number of hydrogen-bond donors (Lipinski definition) is 3. The number of carbonyl (C=O) groups is 1. The third-order valence-electron chi connectivity index (χ3n) is 8.08. The monoisotopic (exact) mass is 506 g/mol. The van der Waals surface area contributed by atoms with Gasteiger partial charge in [0, 0.05) is 24.2 Å². The van der Waals surface area contributed by atoms with Crippen LogP contribution < -0.4 is 15.4 Å². The smallest absolute Gasteiger partial charge is 0.308 e. The molecule has 2 aromatic carbocycles. The van der Waals surface area contributed by atoms with Crippen molar-refractivity contribution >= 4 is 17.5 Å². The highest BCUT2D eigenvalue weighted by molar-refractivity contribution is 5.72. The summed E-state index contributed by atoms with van der Waals surface area (Å²) in [5, 5.41) is 16.5. The molecule has 4 aliphatic rings. The Hall–Kier alpha value is -3.75. The van der Waals surface area contributed by atoms with Crippen LogP contribution in [-0.4, -0.2) is 33.1 Å². The van der Waals surface area contributed by atoms with E-state index < -0.39 is 29.4 Å². The molecule has 37 heavy (non-hydrogen) atoms. The first kappa shape index (κ1) is 23.6. The Kier molecular flexibility index (Phi) is 5.93. The SMILES string of the molecule is CC1Nc2c(F)cc(F)cc2C1c1nc(N[C@H]2C3CCC(CC3)[C@@H]2C(=O)O)cc(Oc2ccccc2)n1. The van der Waals surface area contributed by atoms with Crippen molar-refractivity contribution in [1.29, 1.82) is 0 Å². The maximum Gasteiger partial charge on any atom is 0.308 e. The number of benzene rings is 2. The molecule has 3 fully saturated rings. The van der Waals surface area contributed by atoms with Crippen molar-refractivity contribution < 1.29 is 23.4 Å². The molecule has 0 amide bonds. The molecule has 2 heterocycles. The van der Waals surface area contributed by atoms with Gasteiger partial charge >= 0.3 is 5.97 Å². The summed E-state index contributed by atoms with van der Waals surface area (Å²) in [4.78, 5) is 21.6. The highest BCUT2D eigenvalue weighted by Gasteiger charge is 2.47. The minimum absolute atomic E-state index is 0.137. The van der Waals surface area contributed by atoms with E-state index in [1.54, 1.807) is 18.2 Å². The number of anilines is 2. The van der Waals surface area contributed by atoms with Crippen LogP contribution in [0.3, 0.4) is 0 Å². The first-order valence-corrected chi connectivity index (χ1v) is 12.7. The van der Waals surface area contributed by atoms with Crippen LogP contribution >= 0.6 is 0 Å². The van der Waals surface area contributed by atoms with E-state index in [-0.39, 0.29) is 35.5 Å². The van der Waals surface area contributed by atoms with Crippen LogP contribution in [-0.2, 0) is 4.79 Å². The van der Waals surface area contributed by atoms with Gasteiger partial charge in [0.15, 0.2) is 0 Å². The Labute approximate surface area is 213 Å². The fraction of sp³-hybridized carbons (Fsp3) is 0.393. The van der Waals surface area contributed by atoms with Gasteiger partial charge in [-0.25, -0.2) is 13.8 Å². The van der Waals surface area contributed by atoms with Crippen molar-refractivity contribution in [3.63, 3.8) is 0 Å². The van der Waals surface area contributed by atoms with Gasteiger partial charge in [-0.3, -0.25) is 4.79 Å². The maximum atomic E-state index is 14.5. The molecule has 7 rings (SSSR count). The van der Waals surface area contributed by atoms with Crippen molar-refractivity contribution in [2.24, 2.45) is 17.8 Å². The van der Waals surface area contributed by atoms with Gasteiger partial charge in [0.25, 0.3) is 0 Å². The van der Waals surface area contributed by atoms with Gasteiger partial charge in [-0.05, 0) is 68.2 Å². The molecular formula is C28H28F2N4O3. The lowest BCUT2D eigenvalue weighted by Crippen LogP contribution is -2.51. The summed E-state index contributed by atoms with van der Waals surface area (Å²) in [6, 6.07) is 12.4. The van der Waals surface area contributed by atoms with Crippen LogP contribution in [0.15, 0.2) is 48.5 Å². The van der Waals surface area contributed by atoms with E-state index in [9.17, 15) is 18.7 Å². The summed E-state index contributed by atoms with van der Waals surface area (Å²) in [6.45, 7) is 1.86. The van der Waals surface area contributed by atoms with E-state index in [1.165, 1.54) is 6.07 Å². The first-order chi connectivity index (χ1) is 17.9. The molecule has 192 valence electrons. The summed E-state index contributed by atoms with van der Waals surface area (Å²) >= 11 is 0. The summed E-state index contributed by atoms with van der Waals surface area (Å²) in [7, 11) is 0. The van der Waals surface area contributed by atoms with E-state index in [0.29, 0.717) is 23.0 Å². The van der Waals surface area contributed by atoms with Crippen molar-refractivity contribution in [2.45, 2.75) is 50.6 Å². The van der Waals surface area contributed by atoms with E-state index in [2.05, 4.69) is 15.6 Å². The highest BCUT2D eigenvalue weighted by atomic mass is 19.1. The summed E-state index contributed by atoms with van der Waals surface area (Å²) < 4.78 is 34.8. The molecule has 1 aliphatic heterocycles. The van der Waals surface area contributed by atoms with Gasteiger partial charge in [0.05, 0.1) is 17.5 Å². The number of ether oxygens (including phenoxy) is 1. The van der Waals surface area contributed by atoms with Crippen molar-refractivity contribution in [3.05, 3.63) is 71.6 Å². The molecule has 2 bridgehead atoms. The quantitative estimate of drug-likeness (QED) is 0.389. The fourth-order valence-electron chi connectivity index (χ4n) is 6.43. The number of nitrogens with zero attached hydrogens (tertiary/aromatic N) is 2. The lowest BCUT2D eigenvalue weighted by atomic mass is 9.61. The van der Waals surface area contributed by atoms with E-state index in [0.717, 1.165) is 31.7 Å². The number of aromatic nitrogens is 2. The van der Waals surface area contributed by atoms with Crippen LogP contribution in [0, 0.1) is 29.4 Å². The number of fused-ring (bicyclic) bond motifs is 4. The summed E-state index contributed by atoms with van der Waals surface area (Å²) in [5.41, 5.74) is 0.676. The minimum Gasteiger partial charge on any atom is -0.481 e. The van der Waals surface area contributed by atoms with E-state index in [1.807, 2.05) is 25.1 Å². The van der Waals surface area contributed by atoms with Crippen LogP contribution in [0.25, 0.3) is 0 Å². The number of nitrogens with one attached hydrogen (secondary N) is 2. The molecule has 1 aromatic heterocycles. The Morgan fingerprint density at radius 3 is 2.51 bits per heavy atom. The van der Waals surface area contributed by atoms with Gasteiger partial charge < -0.3 is 20.5 Å². The van der Waals surface area contributed by atoms with Crippen LogP contribution in [0.4, 0.5) is 20.3 Å². The predicted octanol–water partition coefficient (Wildman–Crippen LogP) is 5.79. The third-order valence-corrected chi connectivity index (χ3v) is 8.08. The summed E-state index contributed by atoms with van der Waals surface area (Å²) in [6.07, 6.45) is 3.81. The average molecular weight is 507 g/mol. The van der Waals surface area contributed by atoms with Crippen LogP contribution in [0.2, 0.25) is 0 Å². The number of carboxylic acids is 1. The van der Waals surface area contributed by atoms with Crippen molar-refractivity contribution in [1.82, 2.24) is 9.97 Å². The van der Waals surface area contributed by atoms with Gasteiger partial charge in [-0.15, -0.1) is 0 Å². The van der Waals surface area contributed by atoms with Gasteiger partial charge in [-0.2, -0.15) is 4.98 Å². The number of halogens is 2. The molecule has 3 aromatic rings. The number of rotatable bonds is 6. The molecule has 0 saturated heterocycles. The largest absolute Gasteiger partial charge is 0.481 e. The second kappa shape index (κ2) is 9.28. The predicted molar refractivity (Wildman–Crippen MR) is 134 cm³/mol. The Balaban J connectivity index is 1.41. The fourth-order valence-corrected chi connectivity index (χ4v) is 6.43. The molecule has 0 radical (unpaired) electrons. The van der Waals surface area contributed by atoms with Crippen molar-refractivity contribution in [3.8, 4) is 11.6 Å². The van der Waals surface area contributed by atoms with Gasteiger partial charge in [-0.1, -0.05) is 18.2 Å². The lowest BCUT2D eigenvalue weighted by Gasteiger charge is -2.47. The number of aliphatic carboxylic acids is 1. The van der Waals surface area contributed by atoms with Gasteiger partial charge in [0.1, 0.15) is 29.0 Å². The zero-order chi connectivity index (χ0) is 25.7. The lowest BCUT2D eigenvalue weighted by molar-refractivity contribution is -0.148. The zero-order valence-corrected chi connectivity index (χ0v) is 20.3. The first-order valence-electron chi connectivity index (χ1n) is 12.7. The Morgan fingerprint density at radius 1 is 1.05 bits per heavy atom.